The first-order valence-corrected chi connectivity index (χ1v) is 5.98. The molecule has 0 spiro atoms. The van der Waals surface area contributed by atoms with Crippen LogP contribution in [0.4, 0.5) is 0 Å². The highest BCUT2D eigenvalue weighted by Gasteiger charge is 2.27. The van der Waals surface area contributed by atoms with Crippen molar-refractivity contribution in [3.63, 3.8) is 0 Å². The number of carbonyl (C=O) groups is 1. The van der Waals surface area contributed by atoms with Crippen molar-refractivity contribution in [3.8, 4) is 0 Å². The van der Waals surface area contributed by atoms with E-state index >= 15 is 0 Å². The minimum absolute atomic E-state index is 0.140. The number of hydrazone groups is 1. The number of thioether (sulfide) groups is 1. The van der Waals surface area contributed by atoms with Crippen LogP contribution in [0.25, 0.3) is 0 Å². The highest BCUT2D eigenvalue weighted by atomic mass is 32.2. The maximum atomic E-state index is 11.5. The third-order valence-corrected chi connectivity index (χ3v) is 3.78. The third kappa shape index (κ3) is 2.03. The van der Waals surface area contributed by atoms with Gasteiger partial charge in [0, 0.05) is 5.92 Å². The van der Waals surface area contributed by atoms with Gasteiger partial charge in [0.15, 0.2) is 5.17 Å². The number of rotatable bonds is 2. The van der Waals surface area contributed by atoms with Gasteiger partial charge in [-0.05, 0) is 19.3 Å². The molecule has 1 heterocycles. The zero-order chi connectivity index (χ0) is 9.97. The Bertz CT molecular complexity index is 263. The molecule has 0 bridgehead atoms. The third-order valence-electron chi connectivity index (χ3n) is 2.64. The summed E-state index contributed by atoms with van der Waals surface area (Å²) in [5.41, 5.74) is 2.97. The van der Waals surface area contributed by atoms with E-state index in [1.54, 1.807) is 11.8 Å². The summed E-state index contributed by atoms with van der Waals surface area (Å²) >= 11 is 1.60. The molecule has 4 nitrogen and oxygen atoms in total. The summed E-state index contributed by atoms with van der Waals surface area (Å²) in [6.07, 6.45) is 4.27. The van der Waals surface area contributed by atoms with Crippen LogP contribution >= 0.6 is 11.8 Å². The van der Waals surface area contributed by atoms with Crippen LogP contribution in [-0.2, 0) is 4.79 Å². The molecular formula is C9H15N3OS. The predicted molar refractivity (Wildman–Crippen MR) is 57.7 cm³/mol. The lowest BCUT2D eigenvalue weighted by molar-refractivity contribution is -0.125. The number of hydrogen-bond donors (Lipinski definition) is 2. The van der Waals surface area contributed by atoms with Crippen LogP contribution in [0.15, 0.2) is 5.10 Å². The number of carbonyl (C=O) groups excluding carboxylic acids is 1. The van der Waals surface area contributed by atoms with E-state index in [1.165, 1.54) is 6.42 Å². The minimum atomic E-state index is 0.140. The Morgan fingerprint density at radius 3 is 3.00 bits per heavy atom. The van der Waals surface area contributed by atoms with Crippen LogP contribution in [0, 0.1) is 5.92 Å². The molecule has 0 aromatic rings. The van der Waals surface area contributed by atoms with E-state index in [2.05, 4.69) is 22.8 Å². The number of amidine groups is 1. The molecule has 1 aliphatic heterocycles. The summed E-state index contributed by atoms with van der Waals surface area (Å²) in [5, 5.41) is 7.98. The number of amides is 1. The van der Waals surface area contributed by atoms with Gasteiger partial charge in [0.2, 0.25) is 5.91 Å². The van der Waals surface area contributed by atoms with Crippen molar-refractivity contribution in [1.82, 2.24) is 10.7 Å². The number of hydrogen-bond acceptors (Lipinski definition) is 4. The molecule has 78 valence electrons. The second kappa shape index (κ2) is 4.21. The first-order chi connectivity index (χ1) is 6.79. The van der Waals surface area contributed by atoms with Gasteiger partial charge in [-0.3, -0.25) is 10.2 Å². The molecule has 1 fully saturated rings. The summed E-state index contributed by atoms with van der Waals surface area (Å²) in [5.74, 6) is 0.375. The smallest absolute Gasteiger partial charge is 0.229 e. The van der Waals surface area contributed by atoms with Crippen molar-refractivity contribution in [2.24, 2.45) is 11.0 Å². The monoisotopic (exact) mass is 213 g/mol. The van der Waals surface area contributed by atoms with Gasteiger partial charge in [-0.2, -0.15) is 5.10 Å². The lowest BCUT2D eigenvalue weighted by atomic mass is 9.85. The Morgan fingerprint density at radius 1 is 1.71 bits per heavy atom. The first-order valence-electron chi connectivity index (χ1n) is 5.10. The lowest BCUT2D eigenvalue weighted by Gasteiger charge is -2.23. The molecule has 1 amide bonds. The Morgan fingerprint density at radius 2 is 2.50 bits per heavy atom. The Labute approximate surface area is 87.9 Å². The zero-order valence-corrected chi connectivity index (χ0v) is 9.06. The molecule has 1 aliphatic carbocycles. The molecule has 0 aromatic heterocycles. The van der Waals surface area contributed by atoms with Gasteiger partial charge in [0.1, 0.15) is 0 Å². The van der Waals surface area contributed by atoms with Gasteiger partial charge >= 0.3 is 0 Å². The quantitative estimate of drug-likeness (QED) is 0.725. The maximum Gasteiger partial charge on any atom is 0.229 e. The first kappa shape index (κ1) is 9.83. The molecule has 1 unspecified atom stereocenters. The molecule has 14 heavy (non-hydrogen) atoms. The largest absolute Gasteiger partial charge is 0.303 e. The van der Waals surface area contributed by atoms with Gasteiger partial charge in [0.05, 0.1) is 5.37 Å². The van der Waals surface area contributed by atoms with Crippen LogP contribution in [0.1, 0.15) is 32.6 Å². The summed E-state index contributed by atoms with van der Waals surface area (Å²) in [6.45, 7) is 2.09. The highest BCUT2D eigenvalue weighted by molar-refractivity contribution is 8.14. The van der Waals surface area contributed by atoms with Crippen molar-refractivity contribution in [1.29, 1.82) is 0 Å². The van der Waals surface area contributed by atoms with Crippen molar-refractivity contribution < 1.29 is 4.79 Å². The fourth-order valence-electron chi connectivity index (χ4n) is 1.43. The average Bonchev–Trinajstić information content (AvgIpc) is 2.48. The van der Waals surface area contributed by atoms with E-state index in [4.69, 9.17) is 0 Å². The van der Waals surface area contributed by atoms with E-state index in [-0.39, 0.29) is 11.8 Å². The normalized spacial score (nSPS) is 26.4. The standard InChI is InChI=1S/C9H15N3OS/c1-2-7-11-12-9(14-7)10-8(13)6-4-3-5-6/h6-7,11H,2-5H2,1H3,(H,10,12,13). The molecular weight excluding hydrogens is 198 g/mol. The summed E-state index contributed by atoms with van der Waals surface area (Å²) in [4.78, 5) is 11.5. The fourth-order valence-corrected chi connectivity index (χ4v) is 2.23. The van der Waals surface area contributed by atoms with E-state index in [1.807, 2.05) is 0 Å². The Kier molecular flexibility index (Phi) is 2.96. The Balaban J connectivity index is 1.77. The molecule has 5 heteroatoms. The topological polar surface area (TPSA) is 53.5 Å². The van der Waals surface area contributed by atoms with E-state index in [0.29, 0.717) is 5.37 Å². The van der Waals surface area contributed by atoms with Gasteiger partial charge in [-0.15, -0.1) is 0 Å². The summed E-state index contributed by atoms with van der Waals surface area (Å²) < 4.78 is 0. The second-order valence-electron chi connectivity index (χ2n) is 3.68. The summed E-state index contributed by atoms with van der Waals surface area (Å²) in [7, 11) is 0. The molecule has 2 rings (SSSR count). The van der Waals surface area contributed by atoms with Gasteiger partial charge in [-0.25, -0.2) is 0 Å². The predicted octanol–water partition coefficient (Wildman–Crippen LogP) is 1.25. The minimum Gasteiger partial charge on any atom is -0.303 e. The highest BCUT2D eigenvalue weighted by Crippen LogP contribution is 2.27. The van der Waals surface area contributed by atoms with Crippen molar-refractivity contribution in [2.45, 2.75) is 38.0 Å². The SMILES string of the molecule is CCC1NN=C(NC(=O)C2CCC2)S1. The van der Waals surface area contributed by atoms with Crippen LogP contribution in [0.5, 0.6) is 0 Å². The molecule has 0 saturated heterocycles. The molecule has 2 aliphatic rings. The molecule has 1 saturated carbocycles. The zero-order valence-electron chi connectivity index (χ0n) is 8.25. The van der Waals surface area contributed by atoms with Crippen molar-refractivity contribution in [3.05, 3.63) is 0 Å². The maximum absolute atomic E-state index is 11.5. The van der Waals surface area contributed by atoms with Crippen LogP contribution in [0.2, 0.25) is 0 Å². The van der Waals surface area contributed by atoms with Crippen LogP contribution < -0.4 is 10.7 Å². The number of nitrogens with zero attached hydrogens (tertiary/aromatic N) is 1. The fraction of sp³-hybridized carbons (Fsp3) is 0.778. The summed E-state index contributed by atoms with van der Waals surface area (Å²) in [6, 6.07) is 0. The molecule has 0 aromatic carbocycles. The van der Waals surface area contributed by atoms with E-state index in [0.717, 1.165) is 24.4 Å². The second-order valence-corrected chi connectivity index (χ2v) is 4.87. The van der Waals surface area contributed by atoms with E-state index in [9.17, 15) is 4.79 Å². The lowest BCUT2D eigenvalue weighted by Crippen LogP contribution is -2.36. The van der Waals surface area contributed by atoms with Crippen LogP contribution in [0.3, 0.4) is 0 Å². The average molecular weight is 213 g/mol. The molecule has 1 atom stereocenters. The molecule has 0 radical (unpaired) electrons. The Hall–Kier alpha value is -0.710. The van der Waals surface area contributed by atoms with Gasteiger partial charge < -0.3 is 5.32 Å². The van der Waals surface area contributed by atoms with Gasteiger partial charge in [-0.1, -0.05) is 25.1 Å². The molecule has 2 N–H and O–H groups in total. The van der Waals surface area contributed by atoms with Crippen molar-refractivity contribution >= 4 is 22.8 Å². The van der Waals surface area contributed by atoms with E-state index < -0.39 is 0 Å². The van der Waals surface area contributed by atoms with Crippen molar-refractivity contribution in [2.75, 3.05) is 0 Å². The van der Waals surface area contributed by atoms with Crippen LogP contribution in [-0.4, -0.2) is 16.4 Å². The van der Waals surface area contributed by atoms with Gasteiger partial charge in [0.25, 0.3) is 0 Å². The number of nitrogens with one attached hydrogen (secondary N) is 2.